The second-order valence-electron chi connectivity index (χ2n) is 4.14. The highest BCUT2D eigenvalue weighted by atomic mass is 127. The van der Waals surface area contributed by atoms with Gasteiger partial charge in [-0.3, -0.25) is 13.6 Å². The molecule has 4 nitrogen and oxygen atoms in total. The van der Waals surface area contributed by atoms with Gasteiger partial charge in [0.15, 0.2) is 0 Å². The molecule has 0 fully saturated rings. The summed E-state index contributed by atoms with van der Waals surface area (Å²) in [5, 5.41) is 0. The lowest BCUT2D eigenvalue weighted by Crippen LogP contribution is -2.04. The third-order valence-corrected chi connectivity index (χ3v) is 6.12. The average molecular weight is 644 g/mol. The van der Waals surface area contributed by atoms with Crippen LogP contribution in [0.1, 0.15) is 38.5 Å². The molecule has 0 rings (SSSR count). The van der Waals surface area contributed by atoms with Gasteiger partial charge < -0.3 is 0 Å². The normalized spacial score (nSPS) is 11.9. The topological polar surface area (TPSA) is 44.8 Å². The number of unbranched alkanes of at least 4 members (excludes halogenated alkanes) is 3. The van der Waals surface area contributed by atoms with Crippen LogP contribution < -0.4 is 0 Å². The lowest BCUT2D eigenvalue weighted by atomic mass is 10.4. The van der Waals surface area contributed by atoms with Crippen LogP contribution in [0.3, 0.4) is 0 Å². The van der Waals surface area contributed by atoms with Gasteiger partial charge in [-0.25, -0.2) is 4.57 Å². The minimum Gasteiger partial charge on any atom is -0.287 e. The van der Waals surface area contributed by atoms with Crippen LogP contribution in [0, 0.1) is 0 Å². The summed E-state index contributed by atoms with van der Waals surface area (Å²) < 4.78 is 31.9. The van der Waals surface area contributed by atoms with E-state index in [0.29, 0.717) is 19.8 Å². The Balaban J connectivity index is 4.02. The maximum Gasteiger partial charge on any atom is 0.474 e. The summed E-state index contributed by atoms with van der Waals surface area (Å²) in [7, 11) is -3.35. The molecule has 0 spiro atoms. The Bertz CT molecular complexity index is 219. The van der Waals surface area contributed by atoms with Gasteiger partial charge >= 0.3 is 7.82 Å². The van der Waals surface area contributed by atoms with Gasteiger partial charge in [0.2, 0.25) is 0 Å². The van der Waals surface area contributed by atoms with Crippen molar-refractivity contribution in [3.63, 3.8) is 0 Å². The van der Waals surface area contributed by atoms with Crippen molar-refractivity contribution in [1.29, 1.82) is 0 Å². The van der Waals surface area contributed by atoms with Crippen molar-refractivity contribution in [2.75, 3.05) is 33.1 Å². The monoisotopic (exact) mass is 644 g/mol. The van der Waals surface area contributed by atoms with Crippen LogP contribution in [-0.4, -0.2) is 33.1 Å². The molecule has 0 radical (unpaired) electrons. The smallest absolute Gasteiger partial charge is 0.287 e. The van der Waals surface area contributed by atoms with Crippen LogP contribution in [0.25, 0.3) is 0 Å². The molecule has 0 bridgehead atoms. The maximum atomic E-state index is 12.4. The lowest BCUT2D eigenvalue weighted by molar-refractivity contribution is 0.110. The van der Waals surface area contributed by atoms with Crippen molar-refractivity contribution in [2.24, 2.45) is 0 Å². The van der Waals surface area contributed by atoms with E-state index in [1.54, 1.807) is 0 Å². The van der Waals surface area contributed by atoms with E-state index in [1.807, 2.05) is 0 Å². The minimum atomic E-state index is -3.35. The molecule has 0 saturated carbocycles. The fourth-order valence-electron chi connectivity index (χ4n) is 1.23. The summed E-state index contributed by atoms with van der Waals surface area (Å²) in [4.78, 5) is 0. The third kappa shape index (κ3) is 13.9. The molecule has 0 atom stereocenters. The number of halogens is 3. The molecule has 8 heteroatoms. The molecule has 0 heterocycles. The van der Waals surface area contributed by atoms with Gasteiger partial charge in [0.1, 0.15) is 0 Å². The Morgan fingerprint density at radius 2 is 0.900 bits per heavy atom. The third-order valence-electron chi connectivity index (χ3n) is 2.33. The van der Waals surface area contributed by atoms with Crippen molar-refractivity contribution in [3.8, 4) is 0 Å². The molecule has 0 aliphatic heterocycles. The zero-order valence-corrected chi connectivity index (χ0v) is 19.1. The van der Waals surface area contributed by atoms with Crippen molar-refractivity contribution in [3.05, 3.63) is 0 Å². The van der Waals surface area contributed by atoms with E-state index in [2.05, 4.69) is 67.8 Å². The van der Waals surface area contributed by atoms with Crippen LogP contribution in [0.2, 0.25) is 0 Å². The molecule has 0 aromatic carbocycles. The molecule has 0 unspecified atom stereocenters. The first-order chi connectivity index (χ1) is 9.68. The fraction of sp³-hybridized carbons (Fsp3) is 1.00. The highest BCUT2D eigenvalue weighted by Gasteiger charge is 2.25. The molecular formula is C12H24I3O4P. The molecule has 0 aliphatic carbocycles. The quantitative estimate of drug-likeness (QED) is 0.0982. The van der Waals surface area contributed by atoms with E-state index in [4.69, 9.17) is 13.6 Å². The molecule has 20 heavy (non-hydrogen) atoms. The summed E-state index contributed by atoms with van der Waals surface area (Å²) in [6.45, 7) is 1.33. The standard InChI is InChI=1S/C12H24I3O4P/c13-7-1-4-10-17-20(16,18-11-5-2-8-14)19-12-6-3-9-15/h1-12H2. The largest absolute Gasteiger partial charge is 0.474 e. The lowest BCUT2D eigenvalue weighted by Gasteiger charge is -2.18. The number of hydrogen-bond acceptors (Lipinski definition) is 4. The predicted octanol–water partition coefficient (Wildman–Crippen LogP) is 5.79. The van der Waals surface area contributed by atoms with Gasteiger partial charge in [0, 0.05) is 0 Å². The van der Waals surface area contributed by atoms with E-state index < -0.39 is 7.82 Å². The van der Waals surface area contributed by atoms with Gasteiger partial charge in [-0.05, 0) is 51.8 Å². The SMILES string of the molecule is O=P(OCCCCI)(OCCCCI)OCCCCI. The minimum absolute atomic E-state index is 0.443. The first-order valence-corrected chi connectivity index (χ1v) is 12.9. The van der Waals surface area contributed by atoms with Gasteiger partial charge in [-0.1, -0.05) is 67.8 Å². The number of hydrogen-bond donors (Lipinski definition) is 0. The molecule has 0 amide bonds. The summed E-state index contributed by atoms with van der Waals surface area (Å²) in [5.41, 5.74) is 0. The summed E-state index contributed by atoms with van der Waals surface area (Å²) in [5.74, 6) is 0. The van der Waals surface area contributed by atoms with Gasteiger partial charge in [0.05, 0.1) is 19.8 Å². The van der Waals surface area contributed by atoms with Crippen LogP contribution in [0.5, 0.6) is 0 Å². The summed E-state index contributed by atoms with van der Waals surface area (Å²) >= 11 is 6.97. The molecular weight excluding hydrogens is 620 g/mol. The molecule has 0 aromatic rings. The van der Waals surface area contributed by atoms with Crippen molar-refractivity contribution < 1.29 is 18.1 Å². The summed E-state index contributed by atoms with van der Waals surface area (Å²) in [6, 6.07) is 0. The number of alkyl halides is 3. The van der Waals surface area contributed by atoms with Crippen molar-refractivity contribution in [2.45, 2.75) is 38.5 Å². The highest BCUT2D eigenvalue weighted by molar-refractivity contribution is 14.1. The zero-order valence-electron chi connectivity index (χ0n) is 11.7. The number of rotatable bonds is 15. The fourth-order valence-corrected chi connectivity index (χ4v) is 4.13. The van der Waals surface area contributed by atoms with Gasteiger partial charge in [-0.2, -0.15) is 0 Å². The zero-order chi connectivity index (χ0) is 15.1. The summed E-state index contributed by atoms with van der Waals surface area (Å²) in [6.07, 6.45) is 5.85. The van der Waals surface area contributed by atoms with E-state index in [9.17, 15) is 4.57 Å². The Morgan fingerprint density at radius 3 is 1.15 bits per heavy atom. The Morgan fingerprint density at radius 1 is 0.600 bits per heavy atom. The van der Waals surface area contributed by atoms with E-state index >= 15 is 0 Å². The molecule has 0 saturated heterocycles. The van der Waals surface area contributed by atoms with Crippen molar-refractivity contribution >= 4 is 75.6 Å². The molecule has 122 valence electrons. The van der Waals surface area contributed by atoms with Crippen LogP contribution in [-0.2, 0) is 18.1 Å². The Labute approximate surface area is 163 Å². The van der Waals surface area contributed by atoms with Gasteiger partial charge in [-0.15, -0.1) is 0 Å². The number of phosphoric acid groups is 1. The van der Waals surface area contributed by atoms with E-state index in [0.717, 1.165) is 51.8 Å². The number of phosphoric ester groups is 1. The van der Waals surface area contributed by atoms with E-state index in [1.165, 1.54) is 0 Å². The second kappa shape index (κ2) is 16.2. The second-order valence-corrected chi connectivity index (χ2v) is 9.04. The molecule has 0 aromatic heterocycles. The predicted molar refractivity (Wildman–Crippen MR) is 110 cm³/mol. The Hall–Kier alpha value is 2.30. The van der Waals surface area contributed by atoms with Crippen molar-refractivity contribution in [1.82, 2.24) is 0 Å². The molecule has 0 N–H and O–H groups in total. The maximum absolute atomic E-state index is 12.4. The average Bonchev–Trinajstić information content (AvgIpc) is 2.45. The van der Waals surface area contributed by atoms with Gasteiger partial charge in [0.25, 0.3) is 0 Å². The highest BCUT2D eigenvalue weighted by Crippen LogP contribution is 2.49. The van der Waals surface area contributed by atoms with Crippen LogP contribution >= 0.6 is 75.6 Å². The van der Waals surface area contributed by atoms with E-state index in [-0.39, 0.29) is 0 Å². The first kappa shape index (κ1) is 22.3. The molecule has 0 aliphatic rings. The Kier molecular flexibility index (Phi) is 18.0. The van der Waals surface area contributed by atoms with Crippen LogP contribution in [0.4, 0.5) is 0 Å². The van der Waals surface area contributed by atoms with Crippen LogP contribution in [0.15, 0.2) is 0 Å². The first-order valence-electron chi connectivity index (χ1n) is 6.90.